The Morgan fingerprint density at radius 2 is 1.72 bits per heavy atom. The minimum absolute atomic E-state index is 0.0898. The van der Waals surface area contributed by atoms with E-state index in [-0.39, 0.29) is 10.7 Å². The molecule has 0 aliphatic rings. The number of thiazole rings is 1. The van der Waals surface area contributed by atoms with Gasteiger partial charge in [-0.05, 0) is 5.56 Å². The first kappa shape index (κ1) is 21.5. The van der Waals surface area contributed by atoms with Crippen LogP contribution in [0.3, 0.4) is 0 Å². The lowest BCUT2D eigenvalue weighted by Crippen LogP contribution is -2.16. The second-order valence-electron chi connectivity index (χ2n) is 6.84. The summed E-state index contributed by atoms with van der Waals surface area (Å²) in [5.74, 6) is -0.279. The van der Waals surface area contributed by atoms with Crippen molar-refractivity contribution < 1.29 is 18.0 Å². The zero-order valence-electron chi connectivity index (χ0n) is 16.8. The minimum atomic E-state index is -4.69. The van der Waals surface area contributed by atoms with Gasteiger partial charge in [0.2, 0.25) is 0 Å². The summed E-state index contributed by atoms with van der Waals surface area (Å²) in [6.07, 6.45) is -0.713. The van der Waals surface area contributed by atoms with Crippen molar-refractivity contribution in [2.24, 2.45) is 7.05 Å². The third-order valence-electron chi connectivity index (χ3n) is 4.59. The quantitative estimate of drug-likeness (QED) is 0.388. The van der Waals surface area contributed by atoms with Crippen molar-refractivity contribution in [3.8, 4) is 22.0 Å². The van der Waals surface area contributed by atoms with E-state index < -0.39 is 17.7 Å². The Hall–Kier alpha value is -3.72. The summed E-state index contributed by atoms with van der Waals surface area (Å²) in [7, 11) is 1.83. The van der Waals surface area contributed by atoms with E-state index in [1.54, 1.807) is 18.5 Å². The van der Waals surface area contributed by atoms with Crippen LogP contribution in [-0.2, 0) is 11.8 Å². The van der Waals surface area contributed by atoms with Crippen LogP contribution in [0.25, 0.3) is 27.5 Å². The topological polar surface area (TPSA) is 59.8 Å². The summed E-state index contributed by atoms with van der Waals surface area (Å²) in [5, 5.41) is 2.66. The van der Waals surface area contributed by atoms with Crippen LogP contribution < -0.4 is 5.32 Å². The number of aryl methyl sites for hydroxylation is 1. The number of benzene rings is 2. The molecule has 2 aromatic carbocycles. The first-order valence-electron chi connectivity index (χ1n) is 9.52. The molecule has 4 rings (SSSR count). The van der Waals surface area contributed by atoms with Crippen LogP contribution in [0.15, 0.2) is 79.1 Å². The van der Waals surface area contributed by atoms with E-state index in [4.69, 9.17) is 0 Å². The van der Waals surface area contributed by atoms with E-state index in [1.807, 2.05) is 41.9 Å². The first-order chi connectivity index (χ1) is 15.3. The van der Waals surface area contributed by atoms with Crippen molar-refractivity contribution in [1.29, 1.82) is 0 Å². The van der Waals surface area contributed by atoms with Gasteiger partial charge in [-0.3, -0.25) is 10.1 Å². The number of carbonyl (C=O) groups is 1. The molecule has 2 heterocycles. The molecule has 0 atom stereocenters. The molecule has 4 aromatic rings. The van der Waals surface area contributed by atoms with Crippen LogP contribution in [0.1, 0.15) is 5.56 Å². The molecule has 0 saturated carbocycles. The lowest BCUT2D eigenvalue weighted by Gasteiger charge is -2.11. The maximum atomic E-state index is 13.6. The molecule has 0 saturated heterocycles. The zero-order valence-corrected chi connectivity index (χ0v) is 17.6. The van der Waals surface area contributed by atoms with Crippen molar-refractivity contribution in [3.05, 3.63) is 84.7 Å². The standard InChI is InChI=1S/C23H17F3N4OS/c1-30-13-12-27-21(30)20-19(16-10-6-3-7-11-16)29-22(32-20)28-18(31)14-17(23(24,25)26)15-8-4-2-5-9-15/h2-14H,1H3,(H,28,29,31)/b17-14-. The normalized spacial score (nSPS) is 12.1. The summed E-state index contributed by atoms with van der Waals surface area (Å²) in [4.78, 5) is 22.0. The number of carbonyl (C=O) groups excluding carboxylic acids is 1. The van der Waals surface area contributed by atoms with Gasteiger partial charge in [0.1, 0.15) is 0 Å². The van der Waals surface area contributed by atoms with E-state index >= 15 is 0 Å². The van der Waals surface area contributed by atoms with Crippen LogP contribution in [-0.4, -0.2) is 26.6 Å². The largest absolute Gasteiger partial charge is 0.417 e. The van der Waals surface area contributed by atoms with E-state index in [0.717, 1.165) is 16.9 Å². The van der Waals surface area contributed by atoms with Gasteiger partial charge in [0.05, 0.1) is 16.1 Å². The molecule has 0 fully saturated rings. The molecule has 162 valence electrons. The lowest BCUT2D eigenvalue weighted by molar-refractivity contribution is -0.112. The van der Waals surface area contributed by atoms with Gasteiger partial charge in [-0.1, -0.05) is 72.0 Å². The molecule has 0 aliphatic heterocycles. The SMILES string of the molecule is Cn1ccnc1-c1sc(NC(=O)/C=C(/c2ccccc2)C(F)(F)F)nc1-c1ccccc1. The molecule has 1 amide bonds. The predicted octanol–water partition coefficient (Wildman–Crippen LogP) is 5.80. The van der Waals surface area contributed by atoms with Crippen molar-refractivity contribution in [3.63, 3.8) is 0 Å². The number of allylic oxidation sites excluding steroid dienone is 1. The molecule has 2 aromatic heterocycles. The summed E-state index contributed by atoms with van der Waals surface area (Å²) < 4.78 is 42.5. The Kier molecular flexibility index (Phi) is 5.91. The number of hydrogen-bond acceptors (Lipinski definition) is 4. The minimum Gasteiger partial charge on any atom is -0.333 e. The molecule has 32 heavy (non-hydrogen) atoms. The van der Waals surface area contributed by atoms with Crippen molar-refractivity contribution in [1.82, 2.24) is 14.5 Å². The Morgan fingerprint density at radius 3 is 2.31 bits per heavy atom. The Morgan fingerprint density at radius 1 is 1.06 bits per heavy atom. The lowest BCUT2D eigenvalue weighted by atomic mass is 10.1. The number of nitrogens with zero attached hydrogens (tertiary/aromatic N) is 3. The second kappa shape index (κ2) is 8.80. The Bertz CT molecular complexity index is 1260. The van der Waals surface area contributed by atoms with Gasteiger partial charge in [0, 0.05) is 31.1 Å². The summed E-state index contributed by atoms with van der Waals surface area (Å²) in [5.41, 5.74) is 0.272. The van der Waals surface area contributed by atoms with Crippen LogP contribution in [0.2, 0.25) is 0 Å². The van der Waals surface area contributed by atoms with Gasteiger partial charge >= 0.3 is 6.18 Å². The van der Waals surface area contributed by atoms with Crippen molar-refractivity contribution >= 4 is 27.9 Å². The van der Waals surface area contributed by atoms with Gasteiger partial charge in [-0.25, -0.2) is 9.97 Å². The highest BCUT2D eigenvalue weighted by Gasteiger charge is 2.35. The highest BCUT2D eigenvalue weighted by Crippen LogP contribution is 2.38. The number of nitrogens with one attached hydrogen (secondary N) is 1. The van der Waals surface area contributed by atoms with E-state index in [9.17, 15) is 18.0 Å². The molecule has 0 bridgehead atoms. The number of aromatic nitrogens is 3. The van der Waals surface area contributed by atoms with E-state index in [1.165, 1.54) is 24.3 Å². The molecule has 0 unspecified atom stereocenters. The van der Waals surface area contributed by atoms with Crippen molar-refractivity contribution in [2.75, 3.05) is 5.32 Å². The van der Waals surface area contributed by atoms with Crippen LogP contribution >= 0.6 is 11.3 Å². The van der Waals surface area contributed by atoms with E-state index in [2.05, 4.69) is 15.3 Å². The molecule has 0 spiro atoms. The highest BCUT2D eigenvalue weighted by atomic mass is 32.1. The number of imidazole rings is 1. The molecular formula is C23H17F3N4OS. The average Bonchev–Trinajstić information content (AvgIpc) is 3.38. The average molecular weight is 454 g/mol. The molecule has 9 heteroatoms. The Balaban J connectivity index is 1.70. The fourth-order valence-corrected chi connectivity index (χ4v) is 4.15. The number of rotatable bonds is 5. The fraction of sp³-hybridized carbons (Fsp3) is 0.0870. The number of halogens is 3. The summed E-state index contributed by atoms with van der Waals surface area (Å²) in [6.45, 7) is 0. The van der Waals surface area contributed by atoms with Gasteiger partial charge in [-0.15, -0.1) is 0 Å². The van der Waals surface area contributed by atoms with Crippen molar-refractivity contribution in [2.45, 2.75) is 6.18 Å². The predicted molar refractivity (Wildman–Crippen MR) is 119 cm³/mol. The maximum absolute atomic E-state index is 13.6. The first-order valence-corrected chi connectivity index (χ1v) is 10.3. The number of amides is 1. The number of anilines is 1. The van der Waals surface area contributed by atoms with Gasteiger partial charge < -0.3 is 4.57 Å². The maximum Gasteiger partial charge on any atom is 0.417 e. The molecule has 0 aliphatic carbocycles. The smallest absolute Gasteiger partial charge is 0.333 e. The van der Waals surface area contributed by atoms with Crippen LogP contribution in [0.4, 0.5) is 18.3 Å². The summed E-state index contributed by atoms with van der Waals surface area (Å²) in [6, 6.07) is 16.5. The molecule has 0 radical (unpaired) electrons. The molecule has 1 N–H and O–H groups in total. The van der Waals surface area contributed by atoms with Gasteiger partial charge in [-0.2, -0.15) is 13.2 Å². The third-order valence-corrected chi connectivity index (χ3v) is 5.56. The van der Waals surface area contributed by atoms with Gasteiger partial charge in [0.25, 0.3) is 5.91 Å². The Labute approximate surface area is 185 Å². The second-order valence-corrected chi connectivity index (χ2v) is 7.83. The highest BCUT2D eigenvalue weighted by molar-refractivity contribution is 7.19. The number of alkyl halides is 3. The van der Waals surface area contributed by atoms with Crippen LogP contribution in [0, 0.1) is 0 Å². The monoisotopic (exact) mass is 454 g/mol. The fourth-order valence-electron chi connectivity index (χ4n) is 3.12. The van der Waals surface area contributed by atoms with Gasteiger partial charge in [0.15, 0.2) is 11.0 Å². The third kappa shape index (κ3) is 4.62. The molecular weight excluding hydrogens is 437 g/mol. The number of hydrogen-bond donors (Lipinski definition) is 1. The van der Waals surface area contributed by atoms with E-state index in [0.29, 0.717) is 22.5 Å². The van der Waals surface area contributed by atoms with Crippen LogP contribution in [0.5, 0.6) is 0 Å². The summed E-state index contributed by atoms with van der Waals surface area (Å²) >= 11 is 1.15. The molecule has 5 nitrogen and oxygen atoms in total. The zero-order chi connectivity index (χ0) is 22.7.